The summed E-state index contributed by atoms with van der Waals surface area (Å²) in [5.41, 5.74) is -0.168. The Morgan fingerprint density at radius 3 is 1.66 bits per heavy atom. The van der Waals surface area contributed by atoms with Crippen molar-refractivity contribution in [3.63, 3.8) is 0 Å². The van der Waals surface area contributed by atoms with Crippen LogP contribution in [0.25, 0.3) is 0 Å². The molecule has 0 heterocycles. The van der Waals surface area contributed by atoms with Crippen LogP contribution in [-0.2, 0) is 19.1 Å². The maximum Gasteiger partial charge on any atom is 0.311 e. The highest BCUT2D eigenvalue weighted by molar-refractivity contribution is 5.75. The molecule has 6 heteroatoms. The molecule has 0 atom stereocenters. The lowest BCUT2D eigenvalue weighted by Crippen LogP contribution is -2.29. The highest BCUT2D eigenvalue weighted by Crippen LogP contribution is 2.50. The summed E-state index contributed by atoms with van der Waals surface area (Å²) < 4.78 is 11.7. The van der Waals surface area contributed by atoms with Crippen molar-refractivity contribution in [1.29, 1.82) is 0 Å². The summed E-state index contributed by atoms with van der Waals surface area (Å²) in [4.78, 5) is 27.8. The second-order valence-electron chi connectivity index (χ2n) is 17.8. The zero-order valence-electron chi connectivity index (χ0n) is 36.3. The first kappa shape index (κ1) is 49.9. The summed E-state index contributed by atoms with van der Waals surface area (Å²) in [6.45, 7) is 15.2. The zero-order chi connectivity index (χ0) is 38.9. The molecule has 1 N–H and O–H groups in total. The van der Waals surface area contributed by atoms with Gasteiger partial charge >= 0.3 is 11.9 Å². The van der Waals surface area contributed by atoms with E-state index in [9.17, 15) is 14.7 Å². The summed E-state index contributed by atoms with van der Waals surface area (Å²) in [5.74, 6) is 0.498. The second kappa shape index (κ2) is 33.0. The molecular formula is C47H91NO5. The molecule has 0 saturated heterocycles. The van der Waals surface area contributed by atoms with Crippen molar-refractivity contribution in [1.82, 2.24) is 4.90 Å². The molecule has 0 aromatic heterocycles. The Balaban J connectivity index is 2.21. The number of carbonyl (C=O) groups excluding carboxylic acids is 2. The molecule has 1 saturated carbocycles. The third kappa shape index (κ3) is 28.0. The van der Waals surface area contributed by atoms with Crippen LogP contribution in [0.5, 0.6) is 0 Å². The van der Waals surface area contributed by atoms with E-state index in [0.717, 1.165) is 71.0 Å². The van der Waals surface area contributed by atoms with E-state index in [2.05, 4.69) is 39.5 Å². The number of aliphatic hydroxyl groups excluding tert-OH is 1. The lowest BCUT2D eigenvalue weighted by molar-refractivity contribution is -0.156. The summed E-state index contributed by atoms with van der Waals surface area (Å²) in [6.07, 6.45) is 37.0. The molecule has 0 amide bonds. The van der Waals surface area contributed by atoms with E-state index in [-0.39, 0.29) is 24.0 Å². The lowest BCUT2D eigenvalue weighted by Gasteiger charge is -2.25. The number of unbranched alkanes of at least 4 members (excludes halogenated alkanes) is 19. The molecule has 0 bridgehead atoms. The van der Waals surface area contributed by atoms with Gasteiger partial charge in [0.25, 0.3) is 0 Å². The largest absolute Gasteiger partial charge is 0.465 e. The van der Waals surface area contributed by atoms with Gasteiger partial charge in [-0.15, -0.1) is 0 Å². The van der Waals surface area contributed by atoms with Gasteiger partial charge < -0.3 is 19.5 Å². The molecule has 0 aromatic carbocycles. The minimum Gasteiger partial charge on any atom is -0.465 e. The van der Waals surface area contributed by atoms with Crippen molar-refractivity contribution in [2.45, 2.75) is 234 Å². The van der Waals surface area contributed by atoms with Crippen LogP contribution in [0, 0.1) is 16.7 Å². The molecule has 1 aliphatic rings. The molecule has 53 heavy (non-hydrogen) atoms. The Kier molecular flexibility index (Phi) is 31.1. The number of esters is 2. The topological polar surface area (TPSA) is 76.1 Å². The van der Waals surface area contributed by atoms with Crippen LogP contribution in [0.3, 0.4) is 0 Å². The fourth-order valence-electron chi connectivity index (χ4n) is 7.80. The number of carbonyl (C=O) groups is 2. The summed E-state index contributed by atoms with van der Waals surface area (Å²) >= 11 is 0. The molecular weight excluding hydrogens is 659 g/mol. The van der Waals surface area contributed by atoms with Crippen LogP contribution in [0.1, 0.15) is 234 Å². The van der Waals surface area contributed by atoms with Gasteiger partial charge in [0, 0.05) is 18.4 Å². The number of hydrogen-bond acceptors (Lipinski definition) is 6. The average molecular weight is 750 g/mol. The molecule has 6 nitrogen and oxygen atoms in total. The predicted molar refractivity (Wildman–Crippen MR) is 225 cm³/mol. The lowest BCUT2D eigenvalue weighted by atomic mass is 9.86. The van der Waals surface area contributed by atoms with Crippen molar-refractivity contribution >= 4 is 11.9 Å². The standard InChI is InChI=1S/C47H91NO5/c1-6-9-12-15-16-19-25-32-44(50)53-42-47(35-36-47)34-27-22-29-38-48(39-40-49)37-28-21-20-26-33-46(4,5)45(51)52-41-43(30-23-17-13-10-7-2)31-24-18-14-11-8-3/h43,49H,6-42H2,1-5H3. The molecule has 0 radical (unpaired) electrons. The first-order chi connectivity index (χ1) is 25.7. The zero-order valence-corrected chi connectivity index (χ0v) is 36.3. The number of nitrogens with zero attached hydrogens (tertiary/aromatic N) is 1. The fraction of sp³-hybridized carbons (Fsp3) is 0.957. The normalized spacial score (nSPS) is 14.0. The predicted octanol–water partition coefficient (Wildman–Crippen LogP) is 13.2. The third-order valence-corrected chi connectivity index (χ3v) is 12.0. The summed E-state index contributed by atoms with van der Waals surface area (Å²) in [6, 6.07) is 0. The Bertz CT molecular complexity index is 842. The monoisotopic (exact) mass is 750 g/mol. The van der Waals surface area contributed by atoms with Gasteiger partial charge in [0.1, 0.15) is 0 Å². The summed E-state index contributed by atoms with van der Waals surface area (Å²) in [5, 5.41) is 9.65. The molecule has 0 aliphatic heterocycles. The highest BCUT2D eigenvalue weighted by Gasteiger charge is 2.43. The van der Waals surface area contributed by atoms with Crippen molar-refractivity contribution < 1.29 is 24.2 Å². The molecule has 1 rings (SSSR count). The Labute approximate surface area is 330 Å². The minimum absolute atomic E-state index is 0.00144. The average Bonchev–Trinajstić information content (AvgIpc) is 3.92. The van der Waals surface area contributed by atoms with Gasteiger partial charge in [-0.05, 0) is 90.6 Å². The number of aliphatic hydroxyl groups is 1. The van der Waals surface area contributed by atoms with Gasteiger partial charge in [-0.1, -0.05) is 156 Å². The SMILES string of the molecule is CCCCCCCCCC(=O)OCC1(CCCCCN(CCO)CCCCCCC(C)(C)C(=O)OCC(CCCCCCC)CCCCCCC)CC1. The van der Waals surface area contributed by atoms with E-state index in [1.54, 1.807) is 0 Å². The number of ether oxygens (including phenoxy) is 2. The van der Waals surface area contributed by atoms with Gasteiger partial charge in [-0.25, -0.2) is 0 Å². The van der Waals surface area contributed by atoms with Crippen molar-refractivity contribution in [2.75, 3.05) is 39.5 Å². The smallest absolute Gasteiger partial charge is 0.311 e. The molecule has 0 unspecified atom stereocenters. The Hall–Kier alpha value is -1.14. The van der Waals surface area contributed by atoms with E-state index >= 15 is 0 Å². The van der Waals surface area contributed by atoms with Crippen molar-refractivity contribution in [2.24, 2.45) is 16.7 Å². The number of hydrogen-bond donors (Lipinski definition) is 1. The fourth-order valence-corrected chi connectivity index (χ4v) is 7.80. The van der Waals surface area contributed by atoms with Crippen LogP contribution >= 0.6 is 0 Å². The van der Waals surface area contributed by atoms with E-state index in [0.29, 0.717) is 25.6 Å². The summed E-state index contributed by atoms with van der Waals surface area (Å²) in [7, 11) is 0. The van der Waals surface area contributed by atoms with E-state index in [4.69, 9.17) is 9.47 Å². The molecule has 314 valence electrons. The highest BCUT2D eigenvalue weighted by atomic mass is 16.5. The first-order valence-corrected chi connectivity index (χ1v) is 23.4. The van der Waals surface area contributed by atoms with E-state index < -0.39 is 5.41 Å². The van der Waals surface area contributed by atoms with Crippen LogP contribution in [0.2, 0.25) is 0 Å². The molecule has 0 aromatic rings. The third-order valence-electron chi connectivity index (χ3n) is 12.0. The maximum absolute atomic E-state index is 13.1. The van der Waals surface area contributed by atoms with Crippen LogP contribution in [0.4, 0.5) is 0 Å². The number of rotatable bonds is 40. The van der Waals surface area contributed by atoms with Crippen LogP contribution in [-0.4, -0.2) is 61.4 Å². The quantitative estimate of drug-likeness (QED) is 0.0496. The van der Waals surface area contributed by atoms with Crippen LogP contribution < -0.4 is 0 Å². The van der Waals surface area contributed by atoms with Crippen LogP contribution in [0.15, 0.2) is 0 Å². The van der Waals surface area contributed by atoms with E-state index in [1.165, 1.54) is 141 Å². The van der Waals surface area contributed by atoms with Gasteiger partial charge in [-0.2, -0.15) is 0 Å². The van der Waals surface area contributed by atoms with Gasteiger partial charge in [0.2, 0.25) is 0 Å². The van der Waals surface area contributed by atoms with Crippen molar-refractivity contribution in [3.8, 4) is 0 Å². The van der Waals surface area contributed by atoms with Gasteiger partial charge in [0.15, 0.2) is 0 Å². The maximum atomic E-state index is 13.1. The van der Waals surface area contributed by atoms with Gasteiger partial charge in [-0.3, -0.25) is 9.59 Å². The molecule has 0 spiro atoms. The Morgan fingerprint density at radius 1 is 0.623 bits per heavy atom. The van der Waals surface area contributed by atoms with E-state index in [1.807, 2.05) is 0 Å². The van der Waals surface area contributed by atoms with Crippen molar-refractivity contribution in [3.05, 3.63) is 0 Å². The second-order valence-corrected chi connectivity index (χ2v) is 17.8. The molecule has 1 fully saturated rings. The Morgan fingerprint density at radius 2 is 1.11 bits per heavy atom. The van der Waals surface area contributed by atoms with Gasteiger partial charge in [0.05, 0.1) is 25.2 Å². The minimum atomic E-state index is -0.427. The first-order valence-electron chi connectivity index (χ1n) is 23.4. The molecule has 1 aliphatic carbocycles.